The van der Waals surface area contributed by atoms with E-state index >= 15 is 0 Å². The van der Waals surface area contributed by atoms with Gasteiger partial charge >= 0.3 is 0 Å². The van der Waals surface area contributed by atoms with E-state index in [1.165, 1.54) is 6.20 Å². The van der Waals surface area contributed by atoms with Crippen LogP contribution >= 0.6 is 15.9 Å². The molecule has 2 N–H and O–H groups in total. The minimum absolute atomic E-state index is 0.649. The van der Waals surface area contributed by atoms with Gasteiger partial charge in [0.2, 0.25) is 0 Å². The Morgan fingerprint density at radius 1 is 1.58 bits per heavy atom. The molecule has 0 saturated heterocycles. The fourth-order valence-electron chi connectivity index (χ4n) is 0.509. The molecule has 0 amide bonds. The maximum Gasteiger partial charge on any atom is 0.112 e. The highest BCUT2D eigenvalue weighted by molar-refractivity contribution is 9.11. The molecule has 0 aliphatic heterocycles. The molecule has 0 aromatic rings. The van der Waals surface area contributed by atoms with Crippen LogP contribution < -0.4 is 5.73 Å². The Morgan fingerprint density at radius 3 is 2.75 bits per heavy atom. The second-order valence-corrected chi connectivity index (χ2v) is 3.12. The molecular weight excluding hydrogens is 218 g/mol. The predicted octanol–water partition coefficient (Wildman–Crippen LogP) is 2.68. The third-order valence-electron chi connectivity index (χ3n) is 1.08. The van der Waals surface area contributed by atoms with Gasteiger partial charge in [-0.15, -0.1) is 0 Å². The van der Waals surface area contributed by atoms with Crippen LogP contribution in [0.5, 0.6) is 0 Å². The smallest absolute Gasteiger partial charge is 0.112 e. The highest BCUT2D eigenvalue weighted by atomic mass is 79.9. The molecule has 0 aromatic carbocycles. The van der Waals surface area contributed by atoms with Crippen molar-refractivity contribution in [2.45, 2.75) is 13.3 Å². The van der Waals surface area contributed by atoms with Crippen LogP contribution in [0, 0.1) is 0 Å². The van der Waals surface area contributed by atoms with Crippen molar-refractivity contribution < 1.29 is 4.74 Å². The van der Waals surface area contributed by atoms with Gasteiger partial charge in [0.25, 0.3) is 0 Å². The van der Waals surface area contributed by atoms with Crippen molar-refractivity contribution in [1.29, 1.82) is 0 Å². The number of allylic oxidation sites excluding steroid dienone is 3. The lowest BCUT2D eigenvalue weighted by molar-refractivity contribution is 0.226. The first-order chi connectivity index (χ1) is 5.70. The van der Waals surface area contributed by atoms with E-state index in [-0.39, 0.29) is 0 Å². The van der Waals surface area contributed by atoms with E-state index in [9.17, 15) is 0 Å². The predicted molar refractivity (Wildman–Crippen MR) is 55.7 cm³/mol. The van der Waals surface area contributed by atoms with E-state index in [1.54, 1.807) is 12.2 Å². The number of nitrogens with two attached hydrogens (primary N) is 1. The maximum absolute atomic E-state index is 5.23. The number of halogens is 1. The Hall–Kier alpha value is -0.700. The molecule has 2 nitrogen and oxygen atoms in total. The second-order valence-electron chi connectivity index (χ2n) is 2.20. The van der Waals surface area contributed by atoms with E-state index in [0.717, 1.165) is 10.9 Å². The summed E-state index contributed by atoms with van der Waals surface area (Å²) in [6.45, 7) is 6.45. The highest BCUT2D eigenvalue weighted by Crippen LogP contribution is 2.06. The Morgan fingerprint density at radius 2 is 2.25 bits per heavy atom. The minimum Gasteiger partial charge on any atom is -0.494 e. The number of hydrogen-bond donors (Lipinski definition) is 1. The summed E-state index contributed by atoms with van der Waals surface area (Å²) in [5.41, 5.74) is 5.23. The molecule has 3 heteroatoms. The molecule has 0 saturated carbocycles. The maximum atomic E-state index is 5.23. The molecule has 0 radical (unpaired) electrons. The summed E-state index contributed by atoms with van der Waals surface area (Å²) in [6, 6.07) is 0. The molecule has 0 fully saturated rings. The lowest BCUT2D eigenvalue weighted by Gasteiger charge is -2.01. The lowest BCUT2D eigenvalue weighted by atomic mass is 10.4. The molecule has 0 unspecified atom stereocenters. The summed E-state index contributed by atoms with van der Waals surface area (Å²) >= 11 is 3.23. The molecule has 0 spiro atoms. The molecule has 0 rings (SSSR count). The Labute approximate surface area is 81.9 Å². The van der Waals surface area contributed by atoms with Gasteiger partial charge in [-0.25, -0.2) is 0 Å². The van der Waals surface area contributed by atoms with Gasteiger partial charge in [0.05, 0.1) is 6.61 Å². The molecule has 12 heavy (non-hydrogen) atoms. The van der Waals surface area contributed by atoms with Gasteiger partial charge in [-0.1, -0.05) is 13.5 Å². The molecule has 0 bridgehead atoms. The summed E-state index contributed by atoms with van der Waals surface area (Å²) in [5.74, 6) is 0.649. The first-order valence-electron chi connectivity index (χ1n) is 3.78. The van der Waals surface area contributed by atoms with Gasteiger partial charge in [0.15, 0.2) is 0 Å². The third-order valence-corrected chi connectivity index (χ3v) is 1.61. The number of ether oxygens (including phenoxy) is 1. The van der Waals surface area contributed by atoms with Crippen LogP contribution in [0.4, 0.5) is 0 Å². The van der Waals surface area contributed by atoms with Crippen LogP contribution in [-0.2, 0) is 4.74 Å². The molecule has 68 valence electrons. The van der Waals surface area contributed by atoms with Crippen molar-refractivity contribution in [3.8, 4) is 0 Å². The van der Waals surface area contributed by atoms with Gasteiger partial charge in [-0.05, 0) is 34.5 Å². The van der Waals surface area contributed by atoms with Crippen molar-refractivity contribution in [3.05, 3.63) is 35.2 Å². The monoisotopic (exact) mass is 231 g/mol. The van der Waals surface area contributed by atoms with E-state index in [0.29, 0.717) is 12.4 Å². The molecule has 0 aromatic heterocycles. The zero-order chi connectivity index (χ0) is 9.40. The van der Waals surface area contributed by atoms with E-state index < -0.39 is 0 Å². The van der Waals surface area contributed by atoms with Gasteiger partial charge in [-0.3, -0.25) is 0 Å². The van der Waals surface area contributed by atoms with Crippen LogP contribution in [0.3, 0.4) is 0 Å². The Bertz CT molecular complexity index is 197. The van der Waals surface area contributed by atoms with Crippen LogP contribution in [0.1, 0.15) is 13.3 Å². The van der Waals surface area contributed by atoms with Gasteiger partial charge in [-0.2, -0.15) is 0 Å². The Kier molecular flexibility index (Phi) is 6.57. The SMILES string of the molecule is C=C(/C=C\C(Br)=C/N)OCCC. The molecule has 0 aliphatic carbocycles. The Balaban J connectivity index is 3.76. The molecule has 0 atom stereocenters. The van der Waals surface area contributed by atoms with Gasteiger partial charge in [0.1, 0.15) is 5.76 Å². The van der Waals surface area contributed by atoms with Crippen LogP contribution in [-0.4, -0.2) is 6.61 Å². The van der Waals surface area contributed by atoms with Crippen molar-refractivity contribution in [2.75, 3.05) is 6.61 Å². The lowest BCUT2D eigenvalue weighted by Crippen LogP contribution is -1.89. The van der Waals surface area contributed by atoms with Gasteiger partial charge < -0.3 is 10.5 Å². The van der Waals surface area contributed by atoms with Gasteiger partial charge in [0, 0.05) is 10.7 Å². The molecule has 0 aliphatic rings. The summed E-state index contributed by atoms with van der Waals surface area (Å²) in [7, 11) is 0. The van der Waals surface area contributed by atoms with Crippen molar-refractivity contribution in [3.63, 3.8) is 0 Å². The van der Waals surface area contributed by atoms with Crippen LogP contribution in [0.15, 0.2) is 35.2 Å². The van der Waals surface area contributed by atoms with Crippen molar-refractivity contribution in [1.82, 2.24) is 0 Å². The van der Waals surface area contributed by atoms with E-state index in [2.05, 4.69) is 22.5 Å². The minimum atomic E-state index is 0.649. The standard InChI is InChI=1S/C9H14BrNO/c1-3-6-12-8(2)4-5-9(10)7-11/h4-5,7H,2-3,6,11H2,1H3/b5-4-,9-7+. The fraction of sp³-hybridized carbons (Fsp3) is 0.333. The van der Waals surface area contributed by atoms with Crippen LogP contribution in [0.25, 0.3) is 0 Å². The van der Waals surface area contributed by atoms with E-state index in [1.807, 2.05) is 6.92 Å². The van der Waals surface area contributed by atoms with Crippen molar-refractivity contribution >= 4 is 15.9 Å². The van der Waals surface area contributed by atoms with E-state index in [4.69, 9.17) is 10.5 Å². The fourth-order valence-corrected chi connectivity index (χ4v) is 0.642. The summed E-state index contributed by atoms with van der Waals surface area (Å²) < 4.78 is 6.02. The normalized spacial score (nSPS) is 12.0. The topological polar surface area (TPSA) is 35.2 Å². The first-order valence-corrected chi connectivity index (χ1v) is 4.57. The molecular formula is C9H14BrNO. The summed E-state index contributed by atoms with van der Waals surface area (Å²) in [5, 5.41) is 0. The average Bonchev–Trinajstić information content (AvgIpc) is 2.10. The zero-order valence-corrected chi connectivity index (χ0v) is 8.80. The molecule has 0 heterocycles. The average molecular weight is 232 g/mol. The van der Waals surface area contributed by atoms with Crippen LogP contribution in [0.2, 0.25) is 0 Å². The second kappa shape index (κ2) is 6.98. The number of hydrogen-bond acceptors (Lipinski definition) is 2. The third kappa shape index (κ3) is 6.04. The number of rotatable bonds is 5. The first kappa shape index (κ1) is 11.3. The zero-order valence-electron chi connectivity index (χ0n) is 7.22. The largest absolute Gasteiger partial charge is 0.494 e. The quantitative estimate of drug-likeness (QED) is 0.584. The summed E-state index contributed by atoms with van der Waals surface area (Å²) in [4.78, 5) is 0. The van der Waals surface area contributed by atoms with Crippen molar-refractivity contribution in [2.24, 2.45) is 5.73 Å². The highest BCUT2D eigenvalue weighted by Gasteiger charge is 1.87. The summed E-state index contributed by atoms with van der Waals surface area (Å²) in [6.07, 6.45) is 6.01.